The average Bonchev–Trinajstić information content (AvgIpc) is 3.18. The van der Waals surface area contributed by atoms with E-state index in [-0.39, 0.29) is 17.3 Å². The lowest BCUT2D eigenvalue weighted by molar-refractivity contribution is -0.0324. The van der Waals surface area contributed by atoms with Gasteiger partial charge in [-0.25, -0.2) is 4.68 Å². The number of ether oxygens (including phenoxy) is 2. The van der Waals surface area contributed by atoms with E-state index in [2.05, 4.69) is 27.0 Å². The fraction of sp³-hybridized carbons (Fsp3) is 0.438. The molecule has 11 heteroatoms. The van der Waals surface area contributed by atoms with Gasteiger partial charge in [-0.3, -0.25) is 5.43 Å². The van der Waals surface area contributed by atoms with Gasteiger partial charge in [0.05, 0.1) is 24.0 Å². The SMILES string of the molecule is Cc1cc(C)cc(-n2nnn([C@@H]3C/C(=N\NC(N)=S)[C@@H]4OC[C@@H]3O4)c2=S)c1. The molecule has 3 atom stereocenters. The second-order valence-electron chi connectivity index (χ2n) is 6.65. The molecule has 142 valence electrons. The molecule has 1 aromatic heterocycles. The van der Waals surface area contributed by atoms with Crippen LogP contribution in [-0.4, -0.2) is 49.6 Å². The Morgan fingerprint density at radius 3 is 2.74 bits per heavy atom. The Balaban J connectivity index is 1.67. The maximum absolute atomic E-state index is 5.90. The summed E-state index contributed by atoms with van der Waals surface area (Å²) in [5.74, 6) is 0. The Morgan fingerprint density at radius 1 is 1.30 bits per heavy atom. The van der Waals surface area contributed by atoms with E-state index in [1.165, 1.54) is 0 Å². The van der Waals surface area contributed by atoms with E-state index in [0.29, 0.717) is 23.5 Å². The highest BCUT2D eigenvalue weighted by Crippen LogP contribution is 2.33. The van der Waals surface area contributed by atoms with E-state index in [0.717, 1.165) is 16.8 Å². The van der Waals surface area contributed by atoms with Gasteiger partial charge in [0.2, 0.25) is 4.77 Å². The second kappa shape index (κ2) is 7.08. The number of nitrogens with zero attached hydrogens (tertiary/aromatic N) is 5. The molecule has 2 aliphatic rings. The number of hydrazone groups is 1. The molecule has 9 nitrogen and oxygen atoms in total. The minimum atomic E-state index is -0.503. The molecule has 3 N–H and O–H groups in total. The third kappa shape index (κ3) is 3.50. The minimum Gasteiger partial charge on any atom is -0.375 e. The largest absolute Gasteiger partial charge is 0.375 e. The Kier molecular flexibility index (Phi) is 4.76. The van der Waals surface area contributed by atoms with Gasteiger partial charge in [0.25, 0.3) is 0 Å². The van der Waals surface area contributed by atoms with Crippen molar-refractivity contribution < 1.29 is 9.47 Å². The molecule has 2 aliphatic heterocycles. The van der Waals surface area contributed by atoms with E-state index in [4.69, 9.17) is 39.6 Å². The number of benzene rings is 1. The van der Waals surface area contributed by atoms with Gasteiger partial charge in [0.1, 0.15) is 6.10 Å². The molecule has 2 fully saturated rings. The zero-order valence-electron chi connectivity index (χ0n) is 14.8. The summed E-state index contributed by atoms with van der Waals surface area (Å²) in [4.78, 5) is 0. The summed E-state index contributed by atoms with van der Waals surface area (Å²) < 4.78 is 15.4. The molecule has 0 spiro atoms. The summed E-state index contributed by atoms with van der Waals surface area (Å²) in [6.45, 7) is 4.50. The van der Waals surface area contributed by atoms with E-state index in [9.17, 15) is 0 Å². The molecule has 0 aliphatic carbocycles. The van der Waals surface area contributed by atoms with Gasteiger partial charge < -0.3 is 15.2 Å². The average molecular weight is 406 g/mol. The number of thiocarbonyl (C=S) groups is 1. The van der Waals surface area contributed by atoms with E-state index in [1.54, 1.807) is 9.36 Å². The quantitative estimate of drug-likeness (QED) is 0.581. The van der Waals surface area contributed by atoms with Crippen molar-refractivity contribution in [3.8, 4) is 5.69 Å². The molecule has 0 saturated carbocycles. The number of aryl methyl sites for hydroxylation is 2. The Morgan fingerprint density at radius 2 is 2.04 bits per heavy atom. The highest BCUT2D eigenvalue weighted by molar-refractivity contribution is 7.80. The number of tetrazole rings is 1. The maximum Gasteiger partial charge on any atom is 0.221 e. The smallest absolute Gasteiger partial charge is 0.221 e. The third-order valence-corrected chi connectivity index (χ3v) is 4.96. The van der Waals surface area contributed by atoms with Crippen molar-refractivity contribution in [3.05, 3.63) is 34.1 Å². The molecule has 2 aromatic rings. The van der Waals surface area contributed by atoms with Gasteiger partial charge in [-0.05, 0) is 72.0 Å². The molecule has 4 rings (SSSR count). The van der Waals surface area contributed by atoms with Crippen LogP contribution in [0.4, 0.5) is 0 Å². The van der Waals surface area contributed by atoms with Crippen molar-refractivity contribution in [2.45, 2.75) is 38.7 Å². The highest BCUT2D eigenvalue weighted by Gasteiger charge is 2.44. The molecule has 1 aromatic carbocycles. The number of hydrogen-bond donors (Lipinski definition) is 2. The van der Waals surface area contributed by atoms with Crippen LogP contribution in [0.5, 0.6) is 0 Å². The lowest BCUT2D eigenvalue weighted by atomic mass is 10.0. The fourth-order valence-corrected chi connectivity index (χ4v) is 3.77. The van der Waals surface area contributed by atoms with Crippen LogP contribution in [0.1, 0.15) is 23.6 Å². The molecule has 0 unspecified atom stereocenters. The summed E-state index contributed by atoms with van der Waals surface area (Å²) in [7, 11) is 0. The van der Waals surface area contributed by atoms with Crippen LogP contribution in [0, 0.1) is 18.6 Å². The monoisotopic (exact) mass is 405 g/mol. The van der Waals surface area contributed by atoms with Crippen molar-refractivity contribution >= 4 is 35.3 Å². The standard InChI is InChI=1S/C16H19N7O2S2/c1-8-3-9(2)5-10(4-8)22-16(27)23(21-20-22)12-6-11(18-19-15(17)26)14-24-7-13(12)25-14/h3-5,12-14H,6-7H2,1-2H3,(H3,17,19,26)/b18-11+/t12-,13+,14-/m1/s1. The van der Waals surface area contributed by atoms with E-state index < -0.39 is 6.29 Å². The molecule has 0 radical (unpaired) electrons. The summed E-state index contributed by atoms with van der Waals surface area (Å²) in [6.07, 6.45) is -0.128. The van der Waals surface area contributed by atoms with Crippen LogP contribution in [0.3, 0.4) is 0 Å². The predicted octanol–water partition coefficient (Wildman–Crippen LogP) is 1.29. The first kappa shape index (κ1) is 18.2. The molecular formula is C16H19N7O2S2. The summed E-state index contributed by atoms with van der Waals surface area (Å²) >= 11 is 10.4. The molecule has 0 amide bonds. The zero-order valence-corrected chi connectivity index (χ0v) is 16.5. The maximum atomic E-state index is 5.90. The van der Waals surface area contributed by atoms with Gasteiger partial charge in [-0.2, -0.15) is 9.78 Å². The van der Waals surface area contributed by atoms with Crippen molar-refractivity contribution in [2.24, 2.45) is 10.8 Å². The van der Waals surface area contributed by atoms with E-state index in [1.807, 2.05) is 26.0 Å². The number of nitrogens with one attached hydrogen (secondary N) is 1. The molecule has 3 heterocycles. The van der Waals surface area contributed by atoms with Crippen molar-refractivity contribution in [2.75, 3.05) is 6.61 Å². The van der Waals surface area contributed by atoms with Crippen LogP contribution in [-0.2, 0) is 9.47 Å². The number of rotatable bonds is 3. The van der Waals surface area contributed by atoms with E-state index >= 15 is 0 Å². The van der Waals surface area contributed by atoms with Crippen molar-refractivity contribution in [1.29, 1.82) is 0 Å². The van der Waals surface area contributed by atoms with Crippen molar-refractivity contribution in [3.63, 3.8) is 0 Å². The van der Waals surface area contributed by atoms with Crippen LogP contribution in [0.2, 0.25) is 0 Å². The summed E-state index contributed by atoms with van der Waals surface area (Å²) in [6, 6.07) is 5.96. The topological polar surface area (TPSA) is 105 Å². The van der Waals surface area contributed by atoms with Crippen LogP contribution in [0.25, 0.3) is 5.69 Å². The number of fused-ring (bicyclic) bond motifs is 2. The minimum absolute atomic E-state index is 0.0801. The van der Waals surface area contributed by atoms with Gasteiger partial charge >= 0.3 is 0 Å². The van der Waals surface area contributed by atoms with Gasteiger partial charge in [-0.1, -0.05) is 6.07 Å². The molecule has 2 bridgehead atoms. The van der Waals surface area contributed by atoms with Gasteiger partial charge in [0, 0.05) is 6.42 Å². The third-order valence-electron chi connectivity index (χ3n) is 4.51. The van der Waals surface area contributed by atoms with Crippen LogP contribution >= 0.6 is 24.4 Å². The number of hydrogen-bond acceptors (Lipinski definition) is 7. The van der Waals surface area contributed by atoms with Gasteiger partial charge in [0.15, 0.2) is 11.4 Å². The normalized spacial score (nSPS) is 25.7. The highest BCUT2D eigenvalue weighted by atomic mass is 32.1. The zero-order chi connectivity index (χ0) is 19.1. The van der Waals surface area contributed by atoms with Crippen LogP contribution in [0.15, 0.2) is 23.3 Å². The number of nitrogens with two attached hydrogens (primary N) is 1. The molecule has 27 heavy (non-hydrogen) atoms. The first-order valence-corrected chi connectivity index (χ1v) is 9.26. The Labute approximate surface area is 166 Å². The molecular weight excluding hydrogens is 386 g/mol. The first-order chi connectivity index (χ1) is 12.9. The fourth-order valence-electron chi connectivity index (χ4n) is 3.41. The Bertz CT molecular complexity index is 963. The van der Waals surface area contributed by atoms with Gasteiger partial charge in [-0.15, -0.1) is 0 Å². The number of aromatic nitrogens is 4. The lowest BCUT2D eigenvalue weighted by Crippen LogP contribution is -2.39. The lowest BCUT2D eigenvalue weighted by Gasteiger charge is -2.27. The summed E-state index contributed by atoms with van der Waals surface area (Å²) in [5, 5.41) is 12.8. The van der Waals surface area contributed by atoms with Crippen LogP contribution < -0.4 is 11.2 Å². The summed E-state index contributed by atoms with van der Waals surface area (Å²) in [5.41, 5.74) is 11.8. The second-order valence-corrected chi connectivity index (χ2v) is 7.46. The Hall–Kier alpha value is -2.21. The molecule has 2 saturated heterocycles. The van der Waals surface area contributed by atoms with Crippen molar-refractivity contribution in [1.82, 2.24) is 25.2 Å². The predicted molar refractivity (Wildman–Crippen MR) is 105 cm³/mol. The first-order valence-electron chi connectivity index (χ1n) is 8.44.